The summed E-state index contributed by atoms with van der Waals surface area (Å²) in [5.74, 6) is -0.557. The molecule has 6 heteroatoms. The third-order valence-electron chi connectivity index (χ3n) is 3.35. The molecular weight excluding hydrogens is 314 g/mol. The first-order chi connectivity index (χ1) is 11.0. The maximum absolute atomic E-state index is 12.1. The third kappa shape index (κ3) is 5.71. The van der Waals surface area contributed by atoms with Gasteiger partial charge in [-0.2, -0.15) is 0 Å². The molecule has 1 heterocycles. The van der Waals surface area contributed by atoms with E-state index in [2.05, 4.69) is 10.3 Å². The van der Waals surface area contributed by atoms with Gasteiger partial charge >= 0.3 is 0 Å². The van der Waals surface area contributed by atoms with Crippen LogP contribution in [0.2, 0.25) is 5.02 Å². The van der Waals surface area contributed by atoms with Gasteiger partial charge in [0.15, 0.2) is 0 Å². The van der Waals surface area contributed by atoms with E-state index in [0.29, 0.717) is 17.3 Å². The molecule has 1 N–H and O–H groups in total. The standard InChI is InChI=1S/C17H18ClN3O2/c1-21(11-8-13-6-9-19-10-7-13)17(23)12-16(22)20-15-4-2-14(18)3-5-15/h2-7,9-10H,8,11-12H2,1H3,(H,20,22). The number of anilines is 1. The van der Waals surface area contributed by atoms with Crippen molar-refractivity contribution in [1.82, 2.24) is 9.88 Å². The maximum Gasteiger partial charge on any atom is 0.233 e. The fraction of sp³-hybridized carbons (Fsp3) is 0.235. The zero-order valence-corrected chi connectivity index (χ0v) is 13.6. The summed E-state index contributed by atoms with van der Waals surface area (Å²) in [6, 6.07) is 10.6. The van der Waals surface area contributed by atoms with E-state index in [1.165, 1.54) is 0 Å². The molecule has 2 aromatic rings. The number of nitrogens with one attached hydrogen (secondary N) is 1. The number of carbonyl (C=O) groups excluding carboxylic acids is 2. The Kier molecular flexibility index (Phi) is 6.11. The highest BCUT2D eigenvalue weighted by Gasteiger charge is 2.14. The number of benzene rings is 1. The minimum Gasteiger partial charge on any atom is -0.345 e. The largest absolute Gasteiger partial charge is 0.345 e. The summed E-state index contributed by atoms with van der Waals surface area (Å²) in [7, 11) is 1.69. The zero-order valence-electron chi connectivity index (χ0n) is 12.8. The molecule has 0 fully saturated rings. The van der Waals surface area contributed by atoms with Crippen molar-refractivity contribution in [3.8, 4) is 0 Å². The van der Waals surface area contributed by atoms with Crippen LogP contribution in [0.5, 0.6) is 0 Å². The molecule has 0 bridgehead atoms. The van der Waals surface area contributed by atoms with Gasteiger partial charge in [-0.25, -0.2) is 0 Å². The van der Waals surface area contributed by atoms with E-state index in [-0.39, 0.29) is 18.2 Å². The average Bonchev–Trinajstić information content (AvgIpc) is 2.55. The number of likely N-dealkylation sites (N-methyl/N-ethyl adjacent to an activating group) is 1. The van der Waals surface area contributed by atoms with Gasteiger partial charge in [-0.1, -0.05) is 11.6 Å². The van der Waals surface area contributed by atoms with E-state index >= 15 is 0 Å². The molecule has 0 atom stereocenters. The highest BCUT2D eigenvalue weighted by atomic mass is 35.5. The fourth-order valence-electron chi connectivity index (χ4n) is 1.98. The topological polar surface area (TPSA) is 62.3 Å². The summed E-state index contributed by atoms with van der Waals surface area (Å²) in [5.41, 5.74) is 1.72. The lowest BCUT2D eigenvalue weighted by Crippen LogP contribution is -2.32. The normalized spacial score (nSPS) is 10.2. The minimum absolute atomic E-state index is 0.185. The number of hydrogen-bond acceptors (Lipinski definition) is 3. The molecular formula is C17H18ClN3O2. The number of nitrogens with zero attached hydrogens (tertiary/aromatic N) is 2. The molecule has 120 valence electrons. The predicted octanol–water partition coefficient (Wildman–Crippen LogP) is 2.76. The van der Waals surface area contributed by atoms with E-state index in [9.17, 15) is 9.59 Å². The summed E-state index contributed by atoms with van der Waals surface area (Å²) >= 11 is 5.78. The van der Waals surface area contributed by atoms with Crippen molar-refractivity contribution in [3.63, 3.8) is 0 Å². The highest BCUT2D eigenvalue weighted by Crippen LogP contribution is 2.13. The van der Waals surface area contributed by atoms with Crippen LogP contribution in [-0.4, -0.2) is 35.3 Å². The number of hydrogen-bond donors (Lipinski definition) is 1. The Morgan fingerprint density at radius 2 is 1.78 bits per heavy atom. The maximum atomic E-state index is 12.1. The number of pyridine rings is 1. The molecule has 0 aliphatic carbocycles. The molecule has 0 aliphatic heterocycles. The lowest BCUT2D eigenvalue weighted by Gasteiger charge is -2.17. The lowest BCUT2D eigenvalue weighted by molar-refractivity contribution is -0.133. The van der Waals surface area contributed by atoms with E-state index in [4.69, 9.17) is 11.6 Å². The van der Waals surface area contributed by atoms with Crippen molar-refractivity contribution in [3.05, 3.63) is 59.4 Å². The Bertz CT molecular complexity index is 659. The zero-order chi connectivity index (χ0) is 16.7. The van der Waals surface area contributed by atoms with Gasteiger partial charge < -0.3 is 10.2 Å². The summed E-state index contributed by atoms with van der Waals surface area (Å²) in [6.45, 7) is 0.553. The summed E-state index contributed by atoms with van der Waals surface area (Å²) in [6.07, 6.45) is 3.98. The molecule has 2 amide bonds. The molecule has 5 nitrogen and oxygen atoms in total. The fourth-order valence-corrected chi connectivity index (χ4v) is 2.11. The lowest BCUT2D eigenvalue weighted by atomic mass is 10.2. The van der Waals surface area contributed by atoms with Crippen LogP contribution in [0, 0.1) is 0 Å². The van der Waals surface area contributed by atoms with Crippen LogP contribution in [0.4, 0.5) is 5.69 Å². The van der Waals surface area contributed by atoms with Gasteiger partial charge in [0, 0.05) is 36.7 Å². The molecule has 0 aliphatic rings. The van der Waals surface area contributed by atoms with Crippen LogP contribution in [0.3, 0.4) is 0 Å². The second kappa shape index (κ2) is 8.29. The Hall–Kier alpha value is -2.40. The van der Waals surface area contributed by atoms with Crippen molar-refractivity contribution < 1.29 is 9.59 Å². The van der Waals surface area contributed by atoms with E-state index in [1.54, 1.807) is 48.6 Å². The van der Waals surface area contributed by atoms with Crippen LogP contribution in [0.25, 0.3) is 0 Å². The molecule has 0 spiro atoms. The number of aromatic nitrogens is 1. The molecule has 0 unspecified atom stereocenters. The van der Waals surface area contributed by atoms with Gasteiger partial charge in [-0.15, -0.1) is 0 Å². The highest BCUT2D eigenvalue weighted by molar-refractivity contribution is 6.30. The van der Waals surface area contributed by atoms with Gasteiger partial charge in [-0.3, -0.25) is 14.6 Å². The number of carbonyl (C=O) groups is 2. The molecule has 0 saturated heterocycles. The van der Waals surface area contributed by atoms with Crippen molar-refractivity contribution >= 4 is 29.1 Å². The van der Waals surface area contributed by atoms with E-state index in [0.717, 1.165) is 12.0 Å². The smallest absolute Gasteiger partial charge is 0.233 e. The van der Waals surface area contributed by atoms with Crippen LogP contribution in [-0.2, 0) is 16.0 Å². The summed E-state index contributed by atoms with van der Waals surface area (Å²) in [4.78, 5) is 29.4. The van der Waals surface area contributed by atoms with Gasteiger partial charge in [0.2, 0.25) is 11.8 Å². The molecule has 1 aromatic heterocycles. The van der Waals surface area contributed by atoms with E-state index in [1.807, 2.05) is 12.1 Å². The van der Waals surface area contributed by atoms with Crippen LogP contribution < -0.4 is 5.32 Å². The van der Waals surface area contributed by atoms with Crippen molar-refractivity contribution in [1.29, 1.82) is 0 Å². The minimum atomic E-state index is -0.340. The number of amides is 2. The molecule has 0 radical (unpaired) electrons. The second-order valence-electron chi connectivity index (χ2n) is 5.15. The Morgan fingerprint density at radius 3 is 2.43 bits per heavy atom. The first-order valence-electron chi connectivity index (χ1n) is 7.23. The average molecular weight is 332 g/mol. The summed E-state index contributed by atoms with van der Waals surface area (Å²) < 4.78 is 0. The summed E-state index contributed by atoms with van der Waals surface area (Å²) in [5, 5.41) is 3.27. The second-order valence-corrected chi connectivity index (χ2v) is 5.59. The molecule has 1 aromatic carbocycles. The quantitative estimate of drug-likeness (QED) is 0.828. The van der Waals surface area contributed by atoms with Crippen LogP contribution in [0.15, 0.2) is 48.8 Å². The number of rotatable bonds is 6. The Labute approximate surface area is 140 Å². The van der Waals surface area contributed by atoms with Gasteiger partial charge in [0.05, 0.1) is 0 Å². The van der Waals surface area contributed by atoms with Crippen LogP contribution >= 0.6 is 11.6 Å². The Morgan fingerprint density at radius 1 is 1.13 bits per heavy atom. The predicted molar refractivity (Wildman–Crippen MR) is 90.3 cm³/mol. The van der Waals surface area contributed by atoms with E-state index < -0.39 is 0 Å². The SMILES string of the molecule is CN(CCc1ccncc1)C(=O)CC(=O)Nc1ccc(Cl)cc1. The molecule has 0 saturated carbocycles. The molecule has 23 heavy (non-hydrogen) atoms. The van der Waals surface area contributed by atoms with Gasteiger partial charge in [-0.05, 0) is 48.4 Å². The number of halogens is 1. The van der Waals surface area contributed by atoms with Crippen LogP contribution in [0.1, 0.15) is 12.0 Å². The first-order valence-corrected chi connectivity index (χ1v) is 7.60. The van der Waals surface area contributed by atoms with Gasteiger partial charge in [0.1, 0.15) is 6.42 Å². The van der Waals surface area contributed by atoms with Gasteiger partial charge in [0.25, 0.3) is 0 Å². The monoisotopic (exact) mass is 331 g/mol. The van der Waals surface area contributed by atoms with Crippen molar-refractivity contribution in [2.75, 3.05) is 18.9 Å². The van der Waals surface area contributed by atoms with Crippen molar-refractivity contribution in [2.45, 2.75) is 12.8 Å². The molecule has 2 rings (SSSR count). The third-order valence-corrected chi connectivity index (χ3v) is 3.60. The van der Waals surface area contributed by atoms with Crippen molar-refractivity contribution in [2.24, 2.45) is 0 Å². The Balaban J connectivity index is 1.78. The first kappa shape index (κ1) is 17.0.